The molecule has 30 heavy (non-hydrogen) atoms. The van der Waals surface area contributed by atoms with Crippen LogP contribution in [0.4, 0.5) is 17.6 Å². The van der Waals surface area contributed by atoms with Gasteiger partial charge in [-0.15, -0.1) is 0 Å². The topological polar surface area (TPSA) is 42.5 Å². The van der Waals surface area contributed by atoms with E-state index in [1.165, 1.54) is 18.2 Å². The number of hydrogen-bond donors (Lipinski definition) is 2. The number of piperidine rings is 2. The van der Waals surface area contributed by atoms with Gasteiger partial charge in [-0.2, -0.15) is 0 Å². The summed E-state index contributed by atoms with van der Waals surface area (Å²) in [6, 6.07) is 7.03. The number of benzene rings is 2. The molecule has 2 heterocycles. The highest BCUT2D eigenvalue weighted by molar-refractivity contribution is 5.25. The second kappa shape index (κ2) is 11.2. The second-order valence-electron chi connectivity index (χ2n) is 7.29. The van der Waals surface area contributed by atoms with Crippen molar-refractivity contribution >= 4 is 0 Å². The van der Waals surface area contributed by atoms with Crippen molar-refractivity contribution in [3.63, 3.8) is 0 Å². The molecule has 2 aromatic rings. The molecule has 0 bridgehead atoms. The minimum atomic E-state index is -0.860. The summed E-state index contributed by atoms with van der Waals surface area (Å²) < 4.78 is 62.4. The minimum Gasteiger partial charge on any atom is -0.490 e. The average Bonchev–Trinajstić information content (AvgIpc) is 2.75. The molecule has 2 fully saturated rings. The maximum absolute atomic E-state index is 13.2. The smallest absolute Gasteiger partial charge is 0.167 e. The Balaban J connectivity index is 0.000000171. The quantitative estimate of drug-likeness (QED) is 0.720. The summed E-state index contributed by atoms with van der Waals surface area (Å²) in [6.07, 6.45) is 3.66. The fourth-order valence-electron chi connectivity index (χ4n) is 3.32. The SMILES string of the molecule is Fc1ccc(OC2CCNCC2)c(F)c1.Fc1ccc(OC2CCNCC2)cc1F. The highest BCUT2D eigenvalue weighted by Crippen LogP contribution is 2.21. The Morgan fingerprint density at radius 2 is 1.23 bits per heavy atom. The Bertz CT molecular complexity index is 810. The molecule has 2 aliphatic heterocycles. The molecule has 2 aliphatic rings. The molecule has 0 spiro atoms. The summed E-state index contributed by atoms with van der Waals surface area (Å²) in [7, 11) is 0. The standard InChI is InChI=1S/2C11H13F2NO/c12-10-2-1-9(7-11(10)13)15-8-3-5-14-6-4-8;12-8-1-2-11(10(13)7-8)15-9-3-5-14-6-4-9/h1-2,7-8,14H,3-6H2;1-2,7,9,14H,3-6H2. The van der Waals surface area contributed by atoms with Gasteiger partial charge in [-0.3, -0.25) is 0 Å². The van der Waals surface area contributed by atoms with Crippen molar-refractivity contribution in [3.8, 4) is 11.5 Å². The van der Waals surface area contributed by atoms with Gasteiger partial charge in [0, 0.05) is 12.1 Å². The summed E-state index contributed by atoms with van der Waals surface area (Å²) in [5.74, 6) is -2.36. The van der Waals surface area contributed by atoms with Crippen LogP contribution in [0.1, 0.15) is 25.7 Å². The van der Waals surface area contributed by atoms with Gasteiger partial charge in [0.05, 0.1) is 0 Å². The van der Waals surface area contributed by atoms with Gasteiger partial charge in [0.15, 0.2) is 23.2 Å². The van der Waals surface area contributed by atoms with Gasteiger partial charge in [0.1, 0.15) is 23.8 Å². The predicted octanol–water partition coefficient (Wildman–Crippen LogP) is 4.19. The summed E-state index contributed by atoms with van der Waals surface area (Å²) in [6.45, 7) is 3.59. The lowest BCUT2D eigenvalue weighted by Crippen LogP contribution is -2.34. The van der Waals surface area contributed by atoms with Crippen LogP contribution in [-0.4, -0.2) is 38.4 Å². The van der Waals surface area contributed by atoms with Crippen LogP contribution >= 0.6 is 0 Å². The molecule has 0 radical (unpaired) electrons. The van der Waals surface area contributed by atoms with Crippen LogP contribution in [0.5, 0.6) is 11.5 Å². The van der Waals surface area contributed by atoms with Crippen molar-refractivity contribution in [3.05, 3.63) is 59.7 Å². The summed E-state index contributed by atoms with van der Waals surface area (Å²) in [5, 5.41) is 6.40. The number of ether oxygens (including phenoxy) is 2. The Morgan fingerprint density at radius 1 is 0.633 bits per heavy atom. The molecule has 2 saturated heterocycles. The largest absolute Gasteiger partial charge is 0.490 e. The van der Waals surface area contributed by atoms with Crippen molar-refractivity contribution in [2.45, 2.75) is 37.9 Å². The van der Waals surface area contributed by atoms with Crippen molar-refractivity contribution in [1.82, 2.24) is 10.6 Å². The van der Waals surface area contributed by atoms with Gasteiger partial charge < -0.3 is 20.1 Å². The molecule has 2 N–H and O–H groups in total. The lowest BCUT2D eigenvalue weighted by molar-refractivity contribution is 0.155. The van der Waals surface area contributed by atoms with Gasteiger partial charge >= 0.3 is 0 Å². The Labute approximate surface area is 173 Å². The van der Waals surface area contributed by atoms with E-state index in [0.29, 0.717) is 5.75 Å². The van der Waals surface area contributed by atoms with Crippen LogP contribution < -0.4 is 20.1 Å². The monoisotopic (exact) mass is 426 g/mol. The van der Waals surface area contributed by atoms with E-state index < -0.39 is 23.3 Å². The molecule has 2 aromatic carbocycles. The van der Waals surface area contributed by atoms with E-state index in [2.05, 4.69) is 10.6 Å². The molecular formula is C22H26F4N2O2. The third kappa shape index (κ3) is 6.88. The van der Waals surface area contributed by atoms with Gasteiger partial charge in [-0.05, 0) is 76.1 Å². The van der Waals surface area contributed by atoms with E-state index in [1.807, 2.05) is 0 Å². The van der Waals surface area contributed by atoms with E-state index >= 15 is 0 Å². The fraction of sp³-hybridized carbons (Fsp3) is 0.455. The molecule has 4 rings (SSSR count). The molecule has 0 saturated carbocycles. The first-order valence-electron chi connectivity index (χ1n) is 10.2. The second-order valence-corrected chi connectivity index (χ2v) is 7.29. The van der Waals surface area contributed by atoms with Crippen molar-refractivity contribution in [2.24, 2.45) is 0 Å². The van der Waals surface area contributed by atoms with Gasteiger partial charge in [-0.1, -0.05) is 0 Å². The van der Waals surface area contributed by atoms with Gasteiger partial charge in [0.2, 0.25) is 0 Å². The Hall–Kier alpha value is -2.32. The van der Waals surface area contributed by atoms with Crippen LogP contribution in [0, 0.1) is 23.3 Å². The molecule has 0 unspecified atom stereocenters. The van der Waals surface area contributed by atoms with E-state index in [-0.39, 0.29) is 18.0 Å². The molecular weight excluding hydrogens is 400 g/mol. The van der Waals surface area contributed by atoms with Gasteiger partial charge in [0.25, 0.3) is 0 Å². The average molecular weight is 426 g/mol. The number of hydrogen-bond acceptors (Lipinski definition) is 4. The highest BCUT2D eigenvalue weighted by Gasteiger charge is 2.17. The van der Waals surface area contributed by atoms with E-state index in [9.17, 15) is 17.6 Å². The molecule has 0 aliphatic carbocycles. The number of halogens is 4. The first-order valence-corrected chi connectivity index (χ1v) is 10.2. The third-order valence-corrected chi connectivity index (χ3v) is 4.95. The van der Waals surface area contributed by atoms with E-state index in [4.69, 9.17) is 9.47 Å². The lowest BCUT2D eigenvalue weighted by atomic mass is 10.1. The zero-order valence-corrected chi connectivity index (χ0v) is 16.6. The van der Waals surface area contributed by atoms with E-state index in [1.54, 1.807) is 0 Å². The predicted molar refractivity (Wildman–Crippen MR) is 106 cm³/mol. The van der Waals surface area contributed by atoms with Crippen LogP contribution in [0.3, 0.4) is 0 Å². The zero-order chi connectivity index (χ0) is 21.3. The summed E-state index contributed by atoms with van der Waals surface area (Å²) in [5.41, 5.74) is 0. The summed E-state index contributed by atoms with van der Waals surface area (Å²) >= 11 is 0. The van der Waals surface area contributed by atoms with E-state index in [0.717, 1.165) is 70.1 Å². The molecule has 164 valence electrons. The molecule has 8 heteroatoms. The minimum absolute atomic E-state index is 0.0335. The normalized spacial score (nSPS) is 17.7. The molecule has 0 atom stereocenters. The first kappa shape index (κ1) is 22.4. The molecule has 0 amide bonds. The lowest BCUT2D eigenvalue weighted by Gasteiger charge is -2.23. The van der Waals surface area contributed by atoms with Crippen molar-refractivity contribution in [1.29, 1.82) is 0 Å². The Morgan fingerprint density at radius 3 is 1.80 bits per heavy atom. The maximum atomic E-state index is 13.2. The maximum Gasteiger partial charge on any atom is 0.167 e. The molecule has 0 aromatic heterocycles. The summed E-state index contributed by atoms with van der Waals surface area (Å²) in [4.78, 5) is 0. The van der Waals surface area contributed by atoms with Gasteiger partial charge in [-0.25, -0.2) is 17.6 Å². The van der Waals surface area contributed by atoms with Crippen molar-refractivity contribution in [2.75, 3.05) is 26.2 Å². The van der Waals surface area contributed by atoms with Crippen LogP contribution in [-0.2, 0) is 0 Å². The van der Waals surface area contributed by atoms with Crippen LogP contribution in [0.15, 0.2) is 36.4 Å². The third-order valence-electron chi connectivity index (χ3n) is 4.95. The van der Waals surface area contributed by atoms with Crippen LogP contribution in [0.25, 0.3) is 0 Å². The zero-order valence-electron chi connectivity index (χ0n) is 16.6. The number of rotatable bonds is 4. The van der Waals surface area contributed by atoms with Crippen molar-refractivity contribution < 1.29 is 27.0 Å². The Kier molecular flexibility index (Phi) is 8.33. The fourth-order valence-corrected chi connectivity index (χ4v) is 3.32. The highest BCUT2D eigenvalue weighted by atomic mass is 19.2. The first-order chi connectivity index (χ1) is 14.5. The molecule has 4 nitrogen and oxygen atoms in total. The van der Waals surface area contributed by atoms with Crippen LogP contribution in [0.2, 0.25) is 0 Å². The number of nitrogens with one attached hydrogen (secondary N) is 2.